The van der Waals surface area contributed by atoms with E-state index in [9.17, 15) is 13.2 Å². The Bertz CT molecular complexity index is 408. The third-order valence-electron chi connectivity index (χ3n) is 1.56. The Morgan fingerprint density at radius 2 is 2.08 bits per heavy atom. The van der Waals surface area contributed by atoms with Crippen LogP contribution in [0.2, 0.25) is 0 Å². The molecule has 0 atom stereocenters. The van der Waals surface area contributed by atoms with Crippen molar-refractivity contribution < 1.29 is 13.2 Å². The van der Waals surface area contributed by atoms with Gasteiger partial charge in [0, 0.05) is 17.3 Å². The van der Waals surface area contributed by atoms with Gasteiger partial charge in [-0.2, -0.15) is 13.2 Å². The van der Waals surface area contributed by atoms with Gasteiger partial charge in [-0.05, 0) is 6.92 Å². The zero-order valence-corrected chi connectivity index (χ0v) is 7.41. The summed E-state index contributed by atoms with van der Waals surface area (Å²) in [6, 6.07) is 0. The average Bonchev–Trinajstić information content (AvgIpc) is 2.40. The highest BCUT2D eigenvalue weighted by Gasteiger charge is 2.34. The summed E-state index contributed by atoms with van der Waals surface area (Å²) in [4.78, 5) is 4.78. The fourth-order valence-corrected chi connectivity index (χ4v) is 1.86. The molecule has 0 aliphatic rings. The standard InChI is InChI=1S/C7H5F3N2S/c1-4-2-12-3-5(7(8,9)10)11-6(12)13-4/h2-3H,1H3. The molecule has 2 rings (SSSR count). The van der Waals surface area contributed by atoms with Crippen molar-refractivity contribution in [2.75, 3.05) is 0 Å². The number of fused-ring (bicyclic) bond motifs is 1. The van der Waals surface area contributed by atoms with Gasteiger partial charge in [-0.3, -0.25) is 4.40 Å². The van der Waals surface area contributed by atoms with Crippen LogP contribution in [-0.2, 0) is 6.18 Å². The van der Waals surface area contributed by atoms with E-state index in [1.807, 2.05) is 6.92 Å². The predicted octanol–water partition coefficient (Wildman–Crippen LogP) is 2.72. The van der Waals surface area contributed by atoms with Crippen LogP contribution in [0.1, 0.15) is 10.6 Å². The predicted molar refractivity (Wildman–Crippen MR) is 42.8 cm³/mol. The SMILES string of the molecule is Cc1cn2cc(C(F)(F)F)nc2s1. The molecule has 0 N–H and O–H groups in total. The quantitative estimate of drug-likeness (QED) is 0.647. The minimum Gasteiger partial charge on any atom is -0.297 e. The van der Waals surface area contributed by atoms with Crippen molar-refractivity contribution in [3.8, 4) is 0 Å². The summed E-state index contributed by atoms with van der Waals surface area (Å²) in [6.45, 7) is 1.83. The summed E-state index contributed by atoms with van der Waals surface area (Å²) < 4.78 is 37.8. The minimum absolute atomic E-state index is 0.379. The van der Waals surface area contributed by atoms with Crippen molar-refractivity contribution >= 4 is 16.3 Å². The smallest absolute Gasteiger partial charge is 0.297 e. The van der Waals surface area contributed by atoms with E-state index >= 15 is 0 Å². The molecule has 0 saturated carbocycles. The second-order valence-corrected chi connectivity index (χ2v) is 3.87. The van der Waals surface area contributed by atoms with Gasteiger partial charge in [0.05, 0.1) is 0 Å². The van der Waals surface area contributed by atoms with Crippen LogP contribution in [0.3, 0.4) is 0 Å². The van der Waals surface area contributed by atoms with Crippen LogP contribution < -0.4 is 0 Å². The first-order chi connectivity index (χ1) is 5.97. The maximum absolute atomic E-state index is 12.1. The molecule has 0 bridgehead atoms. The normalized spacial score (nSPS) is 12.6. The number of aromatic nitrogens is 2. The summed E-state index contributed by atoms with van der Waals surface area (Å²) in [6.07, 6.45) is -1.72. The van der Waals surface area contributed by atoms with E-state index in [-0.39, 0.29) is 0 Å². The number of nitrogens with zero attached hydrogens (tertiary/aromatic N) is 2. The third kappa shape index (κ3) is 1.41. The molecule has 0 radical (unpaired) electrons. The fourth-order valence-electron chi connectivity index (χ4n) is 1.05. The average molecular weight is 206 g/mol. The van der Waals surface area contributed by atoms with Crippen LogP contribution in [0.25, 0.3) is 4.96 Å². The Hall–Kier alpha value is -1.04. The fraction of sp³-hybridized carbons (Fsp3) is 0.286. The van der Waals surface area contributed by atoms with Crippen LogP contribution in [0.4, 0.5) is 13.2 Å². The number of rotatable bonds is 0. The molecular formula is C7H5F3N2S. The van der Waals surface area contributed by atoms with Crippen LogP contribution >= 0.6 is 11.3 Å². The molecule has 6 heteroatoms. The maximum Gasteiger partial charge on any atom is 0.434 e. The number of thiazole rings is 1. The number of imidazole rings is 1. The molecule has 2 heterocycles. The lowest BCUT2D eigenvalue weighted by atomic mass is 10.5. The van der Waals surface area contributed by atoms with Gasteiger partial charge in [0.25, 0.3) is 0 Å². The van der Waals surface area contributed by atoms with Crippen LogP contribution in [0, 0.1) is 6.92 Å². The lowest BCUT2D eigenvalue weighted by molar-refractivity contribution is -0.140. The highest BCUT2D eigenvalue weighted by atomic mass is 32.1. The first-order valence-corrected chi connectivity index (χ1v) is 4.31. The van der Waals surface area contributed by atoms with Crippen molar-refractivity contribution in [1.82, 2.24) is 9.38 Å². The van der Waals surface area contributed by atoms with E-state index in [2.05, 4.69) is 4.98 Å². The Kier molecular flexibility index (Phi) is 1.63. The van der Waals surface area contributed by atoms with Gasteiger partial charge in [0.15, 0.2) is 10.7 Å². The van der Waals surface area contributed by atoms with Crippen LogP contribution in [0.5, 0.6) is 0 Å². The van der Waals surface area contributed by atoms with Gasteiger partial charge >= 0.3 is 6.18 Å². The third-order valence-corrected chi connectivity index (χ3v) is 2.47. The zero-order chi connectivity index (χ0) is 9.64. The summed E-state index contributed by atoms with van der Waals surface area (Å²) >= 11 is 1.24. The summed E-state index contributed by atoms with van der Waals surface area (Å²) in [5.41, 5.74) is -0.834. The Labute approximate surface area is 75.6 Å². The molecule has 2 nitrogen and oxygen atoms in total. The van der Waals surface area contributed by atoms with Crippen molar-refractivity contribution in [3.05, 3.63) is 23.0 Å². The van der Waals surface area contributed by atoms with Gasteiger partial charge in [0.1, 0.15) is 0 Å². The Balaban J connectivity index is 2.57. The first-order valence-electron chi connectivity index (χ1n) is 3.49. The zero-order valence-electron chi connectivity index (χ0n) is 6.59. The molecule has 0 aliphatic carbocycles. The highest BCUT2D eigenvalue weighted by molar-refractivity contribution is 7.16. The number of alkyl halides is 3. The van der Waals surface area contributed by atoms with Crippen molar-refractivity contribution in [2.24, 2.45) is 0 Å². The monoisotopic (exact) mass is 206 g/mol. The molecule has 2 aromatic heterocycles. The van der Waals surface area contributed by atoms with Crippen molar-refractivity contribution in [1.29, 1.82) is 0 Å². The van der Waals surface area contributed by atoms with Crippen molar-refractivity contribution in [3.63, 3.8) is 0 Å². The van der Waals surface area contributed by atoms with E-state index in [0.717, 1.165) is 11.1 Å². The highest BCUT2D eigenvalue weighted by Crippen LogP contribution is 2.29. The summed E-state index contributed by atoms with van der Waals surface area (Å²) in [5.74, 6) is 0. The van der Waals surface area contributed by atoms with E-state index in [4.69, 9.17) is 0 Å². The van der Waals surface area contributed by atoms with Crippen LogP contribution in [-0.4, -0.2) is 9.38 Å². The van der Waals surface area contributed by atoms with E-state index in [0.29, 0.717) is 4.96 Å². The molecule has 0 amide bonds. The number of halogens is 3. The largest absolute Gasteiger partial charge is 0.434 e. The van der Waals surface area contributed by atoms with Gasteiger partial charge in [-0.25, -0.2) is 4.98 Å². The lowest BCUT2D eigenvalue weighted by Crippen LogP contribution is -2.04. The second-order valence-electron chi connectivity index (χ2n) is 2.66. The maximum atomic E-state index is 12.1. The Morgan fingerprint density at radius 1 is 1.38 bits per heavy atom. The van der Waals surface area contributed by atoms with E-state index in [1.54, 1.807) is 6.20 Å². The molecule has 0 unspecified atom stereocenters. The van der Waals surface area contributed by atoms with Gasteiger partial charge in [-0.15, -0.1) is 11.3 Å². The summed E-state index contributed by atoms with van der Waals surface area (Å²) in [7, 11) is 0. The van der Waals surface area contributed by atoms with Crippen molar-refractivity contribution in [2.45, 2.75) is 13.1 Å². The second kappa shape index (κ2) is 2.47. The molecule has 0 aromatic carbocycles. The summed E-state index contributed by atoms with van der Waals surface area (Å²) in [5, 5.41) is 0. The lowest BCUT2D eigenvalue weighted by Gasteiger charge is -1.98. The number of hydrogen-bond acceptors (Lipinski definition) is 2. The van der Waals surface area contributed by atoms with Gasteiger partial charge < -0.3 is 0 Å². The molecule has 0 saturated heterocycles. The molecular weight excluding hydrogens is 201 g/mol. The van der Waals surface area contributed by atoms with Crippen LogP contribution in [0.15, 0.2) is 12.4 Å². The minimum atomic E-state index is -4.35. The number of aryl methyl sites for hydroxylation is 1. The molecule has 13 heavy (non-hydrogen) atoms. The molecule has 70 valence electrons. The first kappa shape index (κ1) is 8.55. The molecule has 0 aliphatic heterocycles. The van der Waals surface area contributed by atoms with E-state index in [1.165, 1.54) is 15.7 Å². The van der Waals surface area contributed by atoms with E-state index < -0.39 is 11.9 Å². The molecule has 0 fully saturated rings. The van der Waals surface area contributed by atoms with Gasteiger partial charge in [-0.1, -0.05) is 0 Å². The number of hydrogen-bond donors (Lipinski definition) is 0. The molecule has 0 spiro atoms. The van der Waals surface area contributed by atoms with Gasteiger partial charge in [0.2, 0.25) is 0 Å². The topological polar surface area (TPSA) is 17.3 Å². The molecule has 2 aromatic rings. The Morgan fingerprint density at radius 3 is 2.62 bits per heavy atom.